The summed E-state index contributed by atoms with van der Waals surface area (Å²) in [5.41, 5.74) is 1.65. The molecule has 106 valence electrons. The van der Waals surface area contributed by atoms with Gasteiger partial charge in [-0.05, 0) is 18.7 Å². The van der Waals surface area contributed by atoms with Crippen molar-refractivity contribution >= 4 is 21.6 Å². The molecule has 0 aliphatic rings. The number of hydrogen-bond acceptors (Lipinski definition) is 4. The van der Waals surface area contributed by atoms with Crippen LogP contribution in [0.2, 0.25) is 0 Å². The normalized spacial score (nSPS) is 10.5. The Bertz CT molecular complexity index is 627. The van der Waals surface area contributed by atoms with Gasteiger partial charge >= 0.3 is 0 Å². The average molecular weight is 337 g/mol. The molecule has 0 aliphatic heterocycles. The van der Waals surface area contributed by atoms with Crippen molar-refractivity contribution in [1.29, 1.82) is 0 Å². The molecule has 0 bridgehead atoms. The average Bonchev–Trinajstić information content (AvgIpc) is 2.44. The van der Waals surface area contributed by atoms with Gasteiger partial charge in [0.25, 0.3) is 5.56 Å². The van der Waals surface area contributed by atoms with Crippen LogP contribution < -0.4 is 16.2 Å². The van der Waals surface area contributed by atoms with Crippen molar-refractivity contribution < 1.29 is 0 Å². The van der Waals surface area contributed by atoms with Crippen LogP contribution in [0.4, 0.5) is 5.69 Å². The molecule has 0 aliphatic carbocycles. The molecule has 5 nitrogen and oxygen atoms in total. The molecule has 2 N–H and O–H groups in total. The minimum Gasteiger partial charge on any atom is -0.382 e. The van der Waals surface area contributed by atoms with Gasteiger partial charge in [0.15, 0.2) is 0 Å². The molecule has 20 heavy (non-hydrogen) atoms. The van der Waals surface area contributed by atoms with Crippen molar-refractivity contribution in [3.8, 4) is 0 Å². The Kier molecular flexibility index (Phi) is 5.31. The Balaban J connectivity index is 2.10. The number of rotatable bonds is 6. The van der Waals surface area contributed by atoms with E-state index in [1.165, 1.54) is 4.68 Å². The quantitative estimate of drug-likeness (QED) is 0.788. The summed E-state index contributed by atoms with van der Waals surface area (Å²) in [4.78, 5) is 12.0. The molecule has 1 aromatic carbocycles. The molecule has 0 saturated carbocycles. The Labute approximate surface area is 126 Å². The van der Waals surface area contributed by atoms with Crippen molar-refractivity contribution in [2.75, 3.05) is 25.5 Å². The van der Waals surface area contributed by atoms with Crippen molar-refractivity contribution in [1.82, 2.24) is 15.1 Å². The maximum Gasteiger partial charge on any atom is 0.269 e. The smallest absolute Gasteiger partial charge is 0.269 e. The minimum absolute atomic E-state index is 0.116. The van der Waals surface area contributed by atoms with E-state index in [2.05, 4.69) is 31.7 Å². The molecular formula is C14H17BrN4O. The third kappa shape index (κ3) is 3.91. The number of likely N-dealkylation sites (N-methyl/N-ethyl adjacent to an activating group) is 1. The third-order valence-corrected chi connectivity index (χ3v) is 3.63. The Morgan fingerprint density at radius 3 is 2.80 bits per heavy atom. The van der Waals surface area contributed by atoms with E-state index >= 15 is 0 Å². The second-order valence-corrected chi connectivity index (χ2v) is 5.22. The number of anilines is 1. The lowest BCUT2D eigenvalue weighted by Gasteiger charge is -2.09. The number of nitrogens with one attached hydrogen (secondary N) is 2. The minimum atomic E-state index is -0.116. The van der Waals surface area contributed by atoms with Crippen LogP contribution in [0.3, 0.4) is 0 Å². The van der Waals surface area contributed by atoms with Crippen LogP contribution in [0.25, 0.3) is 0 Å². The maximum atomic E-state index is 12.0. The largest absolute Gasteiger partial charge is 0.382 e. The molecule has 6 heteroatoms. The van der Waals surface area contributed by atoms with E-state index in [1.807, 2.05) is 31.3 Å². The molecule has 0 radical (unpaired) electrons. The summed E-state index contributed by atoms with van der Waals surface area (Å²) in [5, 5.41) is 10.4. The van der Waals surface area contributed by atoms with Crippen molar-refractivity contribution in [2.24, 2.45) is 0 Å². The van der Waals surface area contributed by atoms with E-state index in [4.69, 9.17) is 0 Å². The zero-order valence-corrected chi connectivity index (χ0v) is 12.9. The third-order valence-electron chi connectivity index (χ3n) is 2.85. The number of hydrogen-bond donors (Lipinski definition) is 2. The highest BCUT2D eigenvalue weighted by Gasteiger charge is 2.03. The fraction of sp³-hybridized carbons (Fsp3) is 0.286. The highest BCUT2D eigenvalue weighted by Crippen LogP contribution is 2.16. The molecule has 0 spiro atoms. The molecule has 0 fully saturated rings. The summed E-state index contributed by atoms with van der Waals surface area (Å²) in [6.07, 6.45) is 1.67. The van der Waals surface area contributed by atoms with Gasteiger partial charge in [-0.2, -0.15) is 5.10 Å². The lowest BCUT2D eigenvalue weighted by molar-refractivity contribution is 0.638. The Morgan fingerprint density at radius 1 is 1.30 bits per heavy atom. The zero-order valence-electron chi connectivity index (χ0n) is 11.3. The molecule has 1 heterocycles. The molecule has 1 aromatic heterocycles. The number of benzene rings is 1. The van der Waals surface area contributed by atoms with E-state index in [0.29, 0.717) is 6.54 Å². The Hall–Kier alpha value is -1.66. The van der Waals surface area contributed by atoms with Gasteiger partial charge in [-0.25, -0.2) is 4.68 Å². The van der Waals surface area contributed by atoms with Gasteiger partial charge in [0.05, 0.1) is 18.4 Å². The first-order chi connectivity index (χ1) is 9.70. The van der Waals surface area contributed by atoms with Gasteiger partial charge in [-0.1, -0.05) is 34.1 Å². The van der Waals surface area contributed by atoms with Crippen molar-refractivity contribution in [3.05, 3.63) is 56.9 Å². The first-order valence-electron chi connectivity index (χ1n) is 6.40. The summed E-state index contributed by atoms with van der Waals surface area (Å²) in [6, 6.07) is 9.38. The highest BCUT2D eigenvalue weighted by atomic mass is 79.9. The fourth-order valence-electron chi connectivity index (χ4n) is 1.77. The lowest BCUT2D eigenvalue weighted by Crippen LogP contribution is -2.24. The topological polar surface area (TPSA) is 59.0 Å². The molecule has 2 rings (SSSR count). The van der Waals surface area contributed by atoms with Gasteiger partial charge in [-0.15, -0.1) is 0 Å². The predicted octanol–water partition coefficient (Wildman–Crippen LogP) is 1.69. The van der Waals surface area contributed by atoms with Gasteiger partial charge < -0.3 is 10.6 Å². The summed E-state index contributed by atoms with van der Waals surface area (Å²) in [7, 11) is 1.88. The summed E-state index contributed by atoms with van der Waals surface area (Å²) < 4.78 is 2.42. The van der Waals surface area contributed by atoms with Crippen LogP contribution >= 0.6 is 15.9 Å². The lowest BCUT2D eigenvalue weighted by atomic mass is 10.2. The summed E-state index contributed by atoms with van der Waals surface area (Å²) in [6.45, 7) is 2.04. The molecule has 0 amide bonds. The Morgan fingerprint density at radius 2 is 2.10 bits per heavy atom. The first-order valence-corrected chi connectivity index (χ1v) is 7.19. The number of nitrogens with zero attached hydrogens (tertiary/aromatic N) is 2. The van der Waals surface area contributed by atoms with Gasteiger partial charge in [0, 0.05) is 23.6 Å². The van der Waals surface area contributed by atoms with E-state index in [9.17, 15) is 4.79 Å². The van der Waals surface area contributed by atoms with Crippen LogP contribution in [0, 0.1) is 0 Å². The standard InChI is InChI=1S/C14H17BrN4O/c1-16-6-7-17-12-8-14(20)19(18-9-12)10-11-4-2-3-5-13(11)15/h2-5,8-9,16-17H,6-7,10H2,1H3. The second kappa shape index (κ2) is 7.21. The molecular weight excluding hydrogens is 320 g/mol. The first kappa shape index (κ1) is 14.7. The monoisotopic (exact) mass is 336 g/mol. The molecule has 0 atom stereocenters. The number of halogens is 1. The van der Waals surface area contributed by atoms with Crippen LogP contribution in [0.5, 0.6) is 0 Å². The van der Waals surface area contributed by atoms with Crippen LogP contribution in [-0.2, 0) is 6.54 Å². The zero-order chi connectivity index (χ0) is 14.4. The highest BCUT2D eigenvalue weighted by molar-refractivity contribution is 9.10. The van der Waals surface area contributed by atoms with Gasteiger partial charge in [0.2, 0.25) is 0 Å². The summed E-state index contributed by atoms with van der Waals surface area (Å²) >= 11 is 3.47. The van der Waals surface area contributed by atoms with E-state index in [-0.39, 0.29) is 5.56 Å². The van der Waals surface area contributed by atoms with E-state index in [0.717, 1.165) is 28.8 Å². The van der Waals surface area contributed by atoms with E-state index in [1.54, 1.807) is 12.3 Å². The van der Waals surface area contributed by atoms with E-state index < -0.39 is 0 Å². The number of aromatic nitrogens is 2. The van der Waals surface area contributed by atoms with Gasteiger partial charge in [0.1, 0.15) is 0 Å². The van der Waals surface area contributed by atoms with Crippen molar-refractivity contribution in [3.63, 3.8) is 0 Å². The van der Waals surface area contributed by atoms with Crippen LogP contribution in [0.1, 0.15) is 5.56 Å². The second-order valence-electron chi connectivity index (χ2n) is 4.36. The molecule has 0 unspecified atom stereocenters. The molecule has 0 saturated heterocycles. The predicted molar refractivity (Wildman–Crippen MR) is 84.2 cm³/mol. The van der Waals surface area contributed by atoms with Crippen molar-refractivity contribution in [2.45, 2.75) is 6.54 Å². The maximum absolute atomic E-state index is 12.0. The summed E-state index contributed by atoms with van der Waals surface area (Å²) in [5.74, 6) is 0. The van der Waals surface area contributed by atoms with Crippen LogP contribution in [0.15, 0.2) is 45.8 Å². The molecule has 2 aromatic rings. The fourth-order valence-corrected chi connectivity index (χ4v) is 2.18. The van der Waals surface area contributed by atoms with Crippen LogP contribution in [-0.4, -0.2) is 29.9 Å². The SMILES string of the molecule is CNCCNc1cnn(Cc2ccccc2Br)c(=O)c1. The van der Waals surface area contributed by atoms with Gasteiger partial charge in [-0.3, -0.25) is 4.79 Å².